The van der Waals surface area contributed by atoms with Crippen molar-refractivity contribution in [1.29, 1.82) is 0 Å². The summed E-state index contributed by atoms with van der Waals surface area (Å²) in [6, 6.07) is 4.92. The summed E-state index contributed by atoms with van der Waals surface area (Å²) < 4.78 is 10.2. The molecule has 0 fully saturated rings. The van der Waals surface area contributed by atoms with Crippen LogP contribution in [0.15, 0.2) is 18.2 Å². The maximum atomic E-state index is 9.49. The van der Waals surface area contributed by atoms with E-state index >= 15 is 0 Å². The molecule has 14 heavy (non-hydrogen) atoms. The molecule has 0 saturated carbocycles. The van der Waals surface area contributed by atoms with E-state index in [0.717, 1.165) is 6.42 Å². The van der Waals surface area contributed by atoms with Crippen molar-refractivity contribution < 1.29 is 14.6 Å². The van der Waals surface area contributed by atoms with E-state index in [1.54, 1.807) is 19.2 Å². The van der Waals surface area contributed by atoms with Crippen LogP contribution in [-0.4, -0.2) is 25.4 Å². The fraction of sp³-hybridized carbons (Fsp3) is 0.400. The van der Waals surface area contributed by atoms with Gasteiger partial charge in [-0.2, -0.15) is 0 Å². The molecule has 78 valence electrons. The zero-order valence-electron chi connectivity index (χ0n) is 8.19. The molecule has 1 aromatic carbocycles. The summed E-state index contributed by atoms with van der Waals surface area (Å²) in [6.45, 7) is 1.09. The Morgan fingerprint density at radius 2 is 2.21 bits per heavy atom. The Hall–Kier alpha value is -1.42. The van der Waals surface area contributed by atoms with E-state index in [2.05, 4.69) is 0 Å². The number of benzene rings is 1. The lowest BCUT2D eigenvalue weighted by molar-refractivity contribution is 0.294. The first-order valence-corrected chi connectivity index (χ1v) is 4.48. The highest BCUT2D eigenvalue weighted by Gasteiger charge is 2.03. The number of methoxy groups -OCH3 is 1. The number of phenols is 1. The molecule has 0 radical (unpaired) electrons. The molecule has 0 heterocycles. The molecular formula is C10H15NO3. The number of hydrogen-bond acceptors (Lipinski definition) is 4. The molecule has 3 N–H and O–H groups in total. The molecule has 0 bridgehead atoms. The Morgan fingerprint density at radius 3 is 2.79 bits per heavy atom. The van der Waals surface area contributed by atoms with E-state index < -0.39 is 0 Å². The van der Waals surface area contributed by atoms with Gasteiger partial charge in [0, 0.05) is 6.07 Å². The van der Waals surface area contributed by atoms with Crippen LogP contribution in [0.3, 0.4) is 0 Å². The van der Waals surface area contributed by atoms with Crippen LogP contribution in [0, 0.1) is 0 Å². The molecule has 0 aliphatic rings. The number of rotatable bonds is 5. The molecule has 0 aliphatic heterocycles. The van der Waals surface area contributed by atoms with Gasteiger partial charge in [-0.25, -0.2) is 0 Å². The van der Waals surface area contributed by atoms with Crippen LogP contribution in [0.25, 0.3) is 0 Å². The third kappa shape index (κ3) is 2.81. The molecule has 4 heteroatoms. The first-order valence-electron chi connectivity index (χ1n) is 4.48. The molecule has 4 nitrogen and oxygen atoms in total. The lowest BCUT2D eigenvalue weighted by Gasteiger charge is -2.08. The zero-order chi connectivity index (χ0) is 10.4. The molecule has 0 atom stereocenters. The first-order chi connectivity index (χ1) is 6.77. The number of nitrogens with two attached hydrogens (primary N) is 1. The van der Waals surface area contributed by atoms with Gasteiger partial charge in [0.05, 0.1) is 13.7 Å². The van der Waals surface area contributed by atoms with Crippen molar-refractivity contribution in [3.63, 3.8) is 0 Å². The van der Waals surface area contributed by atoms with Crippen molar-refractivity contribution in [3.05, 3.63) is 18.2 Å². The Kier molecular flexibility index (Phi) is 4.07. The Morgan fingerprint density at radius 1 is 1.43 bits per heavy atom. The summed E-state index contributed by atoms with van der Waals surface area (Å²) in [5.74, 6) is 1.15. The zero-order valence-corrected chi connectivity index (χ0v) is 8.19. The normalized spacial score (nSPS) is 9.86. The minimum absolute atomic E-state index is 0.0846. The first kappa shape index (κ1) is 10.7. The quantitative estimate of drug-likeness (QED) is 0.694. The van der Waals surface area contributed by atoms with E-state index in [1.165, 1.54) is 6.07 Å². The molecule has 1 aromatic rings. The van der Waals surface area contributed by atoms with Crippen LogP contribution >= 0.6 is 0 Å². The highest BCUT2D eigenvalue weighted by molar-refractivity contribution is 5.44. The van der Waals surface area contributed by atoms with Gasteiger partial charge >= 0.3 is 0 Å². The van der Waals surface area contributed by atoms with E-state index in [9.17, 15) is 5.11 Å². The fourth-order valence-electron chi connectivity index (χ4n) is 1.01. The predicted molar refractivity (Wildman–Crippen MR) is 53.8 cm³/mol. The van der Waals surface area contributed by atoms with Crippen LogP contribution in [0.4, 0.5) is 0 Å². The minimum atomic E-state index is 0.0846. The smallest absolute Gasteiger partial charge is 0.161 e. The van der Waals surface area contributed by atoms with Crippen molar-refractivity contribution in [3.8, 4) is 17.2 Å². The fourth-order valence-corrected chi connectivity index (χ4v) is 1.01. The van der Waals surface area contributed by atoms with Crippen molar-refractivity contribution >= 4 is 0 Å². The van der Waals surface area contributed by atoms with Crippen LogP contribution < -0.4 is 15.2 Å². The largest absolute Gasteiger partial charge is 0.504 e. The van der Waals surface area contributed by atoms with Crippen molar-refractivity contribution in [2.45, 2.75) is 6.42 Å². The molecule has 0 saturated heterocycles. The molecule has 0 aliphatic carbocycles. The molecule has 0 spiro atoms. The van der Waals surface area contributed by atoms with Gasteiger partial charge in [-0.3, -0.25) is 0 Å². The van der Waals surface area contributed by atoms with E-state index in [1.807, 2.05) is 0 Å². The number of phenolic OH excluding ortho intramolecular Hbond substituents is 1. The summed E-state index contributed by atoms with van der Waals surface area (Å²) >= 11 is 0. The van der Waals surface area contributed by atoms with Gasteiger partial charge in [0.1, 0.15) is 5.75 Å². The van der Waals surface area contributed by atoms with Gasteiger partial charge in [-0.05, 0) is 25.1 Å². The third-order valence-corrected chi connectivity index (χ3v) is 1.77. The predicted octanol–water partition coefficient (Wildman–Crippen LogP) is 1.13. The molecule has 0 aromatic heterocycles. The molecular weight excluding hydrogens is 182 g/mol. The van der Waals surface area contributed by atoms with Gasteiger partial charge in [-0.15, -0.1) is 0 Å². The van der Waals surface area contributed by atoms with Gasteiger partial charge in [0.25, 0.3) is 0 Å². The third-order valence-electron chi connectivity index (χ3n) is 1.77. The topological polar surface area (TPSA) is 64.7 Å². The van der Waals surface area contributed by atoms with E-state index in [-0.39, 0.29) is 5.75 Å². The highest BCUT2D eigenvalue weighted by atomic mass is 16.5. The Balaban J connectivity index is 2.59. The maximum absolute atomic E-state index is 9.49. The second kappa shape index (κ2) is 5.34. The second-order valence-electron chi connectivity index (χ2n) is 2.82. The lowest BCUT2D eigenvalue weighted by Crippen LogP contribution is -2.06. The molecule has 1 rings (SSSR count). The lowest BCUT2D eigenvalue weighted by atomic mass is 10.3. The van der Waals surface area contributed by atoms with Gasteiger partial charge in [0.2, 0.25) is 0 Å². The number of ether oxygens (including phenoxy) is 2. The summed E-state index contributed by atoms with van der Waals surface area (Å²) in [7, 11) is 1.55. The van der Waals surface area contributed by atoms with E-state index in [0.29, 0.717) is 24.7 Å². The second-order valence-corrected chi connectivity index (χ2v) is 2.82. The maximum Gasteiger partial charge on any atom is 0.161 e. The van der Waals surface area contributed by atoms with Crippen LogP contribution in [-0.2, 0) is 0 Å². The monoisotopic (exact) mass is 197 g/mol. The van der Waals surface area contributed by atoms with Crippen molar-refractivity contribution in [1.82, 2.24) is 0 Å². The van der Waals surface area contributed by atoms with E-state index in [4.69, 9.17) is 15.2 Å². The SMILES string of the molecule is COc1ccc(OCCCN)c(O)c1. The molecule has 0 amide bonds. The van der Waals surface area contributed by atoms with Crippen LogP contribution in [0.5, 0.6) is 17.2 Å². The van der Waals surface area contributed by atoms with Crippen molar-refractivity contribution in [2.24, 2.45) is 5.73 Å². The summed E-state index contributed by atoms with van der Waals surface area (Å²) in [6.07, 6.45) is 0.769. The van der Waals surface area contributed by atoms with Gasteiger partial charge < -0.3 is 20.3 Å². The highest BCUT2D eigenvalue weighted by Crippen LogP contribution is 2.29. The molecule has 0 unspecified atom stereocenters. The van der Waals surface area contributed by atoms with Crippen molar-refractivity contribution in [2.75, 3.05) is 20.3 Å². The van der Waals surface area contributed by atoms with Crippen LogP contribution in [0.2, 0.25) is 0 Å². The van der Waals surface area contributed by atoms with Gasteiger partial charge in [-0.1, -0.05) is 0 Å². The Bertz CT molecular complexity index is 289. The summed E-state index contributed by atoms with van der Waals surface area (Å²) in [5, 5.41) is 9.49. The standard InChI is InChI=1S/C10H15NO3/c1-13-8-3-4-10(9(12)7-8)14-6-2-5-11/h3-4,7,12H,2,5-6,11H2,1H3. The average molecular weight is 197 g/mol. The Labute approximate surface area is 83.3 Å². The average Bonchev–Trinajstić information content (AvgIpc) is 2.20. The summed E-state index contributed by atoms with van der Waals surface area (Å²) in [4.78, 5) is 0. The number of aromatic hydroxyl groups is 1. The van der Waals surface area contributed by atoms with Crippen LogP contribution in [0.1, 0.15) is 6.42 Å². The van der Waals surface area contributed by atoms with Gasteiger partial charge in [0.15, 0.2) is 11.5 Å². The number of hydrogen-bond donors (Lipinski definition) is 2. The minimum Gasteiger partial charge on any atom is -0.504 e. The summed E-state index contributed by atoms with van der Waals surface area (Å²) in [5.41, 5.74) is 5.31.